The molecule has 1 unspecified atom stereocenters. The summed E-state index contributed by atoms with van der Waals surface area (Å²) in [6.45, 7) is 8.50. The van der Waals surface area contributed by atoms with Crippen molar-refractivity contribution in [1.29, 1.82) is 0 Å². The fourth-order valence-corrected chi connectivity index (χ4v) is 3.84. The van der Waals surface area contributed by atoms with Crippen LogP contribution in [0.2, 0.25) is 0 Å². The molecule has 0 spiro atoms. The Morgan fingerprint density at radius 3 is 2.32 bits per heavy atom. The van der Waals surface area contributed by atoms with Crippen molar-refractivity contribution in [2.45, 2.75) is 40.2 Å². The van der Waals surface area contributed by atoms with Crippen molar-refractivity contribution in [3.05, 3.63) is 83.2 Å². The third-order valence-electron chi connectivity index (χ3n) is 6.07. The number of amides is 4. The zero-order chi connectivity index (χ0) is 29.8. The quantitative estimate of drug-likeness (QED) is 0.218. The van der Waals surface area contributed by atoms with Crippen LogP contribution >= 0.6 is 0 Å². The van der Waals surface area contributed by atoms with E-state index in [4.69, 9.17) is 9.68 Å². The fraction of sp³-hybridized carbons (Fsp3) is 0.400. The van der Waals surface area contributed by atoms with E-state index in [9.17, 15) is 19.2 Å². The van der Waals surface area contributed by atoms with E-state index in [2.05, 4.69) is 33.0 Å². The van der Waals surface area contributed by atoms with E-state index in [1.54, 1.807) is 0 Å². The zero-order valence-electron chi connectivity index (χ0n) is 23.9. The molecule has 11 heteroatoms. The van der Waals surface area contributed by atoms with Crippen LogP contribution in [0.5, 0.6) is 0 Å². The number of benzene rings is 1. The van der Waals surface area contributed by atoms with Crippen LogP contribution in [0.25, 0.3) is 0 Å². The van der Waals surface area contributed by atoms with Gasteiger partial charge < -0.3 is 16.0 Å². The van der Waals surface area contributed by atoms with E-state index in [1.807, 2.05) is 58.2 Å². The number of hydrogen-bond acceptors (Lipinski definition) is 7. The molecule has 2 aliphatic rings. The summed E-state index contributed by atoms with van der Waals surface area (Å²) in [6, 6.07) is 5.89. The highest BCUT2D eigenvalue weighted by molar-refractivity contribution is 5.99. The van der Waals surface area contributed by atoms with E-state index in [0.29, 0.717) is 13.1 Å². The summed E-state index contributed by atoms with van der Waals surface area (Å²) in [5, 5.41) is 8.74. The van der Waals surface area contributed by atoms with Gasteiger partial charge in [0.05, 0.1) is 0 Å². The Kier molecular flexibility index (Phi) is 11.9. The van der Waals surface area contributed by atoms with Gasteiger partial charge in [-0.25, -0.2) is 11.0 Å². The van der Waals surface area contributed by atoms with Crippen molar-refractivity contribution in [3.63, 3.8) is 0 Å². The average Bonchev–Trinajstić information content (AvgIpc) is 3.15. The minimum absolute atomic E-state index is 0.0142. The second-order valence-corrected chi connectivity index (χ2v) is 10.6. The molecule has 11 nitrogen and oxygen atoms in total. The Balaban J connectivity index is 1.59. The topological polar surface area (TPSA) is 147 Å². The molecule has 1 heterocycles. The van der Waals surface area contributed by atoms with Crippen LogP contribution in [0.15, 0.2) is 72.1 Å². The van der Waals surface area contributed by atoms with Gasteiger partial charge in [-0.3, -0.25) is 28.9 Å². The molecule has 2 atom stereocenters. The van der Waals surface area contributed by atoms with E-state index < -0.39 is 17.9 Å². The van der Waals surface area contributed by atoms with Gasteiger partial charge in [0.15, 0.2) is 12.7 Å². The lowest BCUT2D eigenvalue weighted by Gasteiger charge is -2.24. The van der Waals surface area contributed by atoms with Gasteiger partial charge in [-0.05, 0) is 47.8 Å². The van der Waals surface area contributed by atoms with Gasteiger partial charge in [0.2, 0.25) is 5.91 Å². The van der Waals surface area contributed by atoms with Crippen molar-refractivity contribution in [3.8, 4) is 0 Å². The summed E-state index contributed by atoms with van der Waals surface area (Å²) in [5.74, 6) is -1.47. The van der Waals surface area contributed by atoms with Crippen LogP contribution in [0.4, 0.5) is 0 Å². The molecule has 0 saturated heterocycles. The van der Waals surface area contributed by atoms with Crippen LogP contribution in [-0.4, -0.2) is 49.4 Å². The average molecular weight is 566 g/mol. The smallest absolute Gasteiger partial charge is 0.274 e. The van der Waals surface area contributed by atoms with E-state index in [-0.39, 0.29) is 53.7 Å². The summed E-state index contributed by atoms with van der Waals surface area (Å²) in [6.07, 6.45) is 11.0. The number of fused-ring (bicyclic) bond motifs is 1. The first-order valence-corrected chi connectivity index (χ1v) is 13.7. The number of dihydropyridines is 1. The predicted octanol–water partition coefficient (Wildman–Crippen LogP) is 2.43. The lowest BCUT2D eigenvalue weighted by molar-refractivity contribution is -0.136. The molecule has 220 valence electrons. The molecule has 41 heavy (non-hydrogen) atoms. The first-order valence-electron chi connectivity index (χ1n) is 13.7. The van der Waals surface area contributed by atoms with Crippen LogP contribution < -0.4 is 26.9 Å². The number of rotatable bonds is 14. The van der Waals surface area contributed by atoms with Crippen molar-refractivity contribution in [2.24, 2.45) is 17.8 Å². The van der Waals surface area contributed by atoms with Gasteiger partial charge in [-0.2, -0.15) is 0 Å². The van der Waals surface area contributed by atoms with Crippen molar-refractivity contribution in [1.82, 2.24) is 26.9 Å². The molecule has 0 aromatic heterocycles. The third kappa shape index (κ3) is 10.4. The predicted molar refractivity (Wildman–Crippen MR) is 154 cm³/mol. The normalized spacial score (nSPS) is 16.2. The summed E-state index contributed by atoms with van der Waals surface area (Å²) < 4.78 is 0. The first kappa shape index (κ1) is 31.3. The molecule has 1 aromatic carbocycles. The van der Waals surface area contributed by atoms with Gasteiger partial charge in [-0.1, -0.05) is 52.0 Å². The number of carbonyl (C=O) groups excluding carboxylic acids is 4. The summed E-state index contributed by atoms with van der Waals surface area (Å²) in [4.78, 5) is 60.8. The Hall–Kier alpha value is -4.22. The van der Waals surface area contributed by atoms with E-state index >= 15 is 0 Å². The second kappa shape index (κ2) is 15.5. The zero-order valence-corrected chi connectivity index (χ0v) is 23.9. The maximum absolute atomic E-state index is 13.0. The molecular weight excluding hydrogens is 526 g/mol. The number of hydroxylamine groups is 2. The SMILES string of the molecule is CC(C)CNC(=O)CONC(=O)c1cccc(C(=O)NO[C@H](CC2=CNC3=CC2C=CC=C3)C(=O)NCC(C)C)c1. The largest absolute Gasteiger partial charge is 0.362 e. The maximum Gasteiger partial charge on any atom is 0.274 e. The molecule has 0 radical (unpaired) electrons. The van der Waals surface area contributed by atoms with Crippen molar-refractivity contribution >= 4 is 23.6 Å². The van der Waals surface area contributed by atoms with Crippen molar-refractivity contribution in [2.75, 3.05) is 19.7 Å². The van der Waals surface area contributed by atoms with Gasteiger partial charge in [0.25, 0.3) is 17.7 Å². The number of carbonyl (C=O) groups is 4. The third-order valence-corrected chi connectivity index (χ3v) is 6.07. The minimum atomic E-state index is -0.993. The van der Waals surface area contributed by atoms with Crippen LogP contribution in [0.1, 0.15) is 54.8 Å². The maximum atomic E-state index is 13.0. The van der Waals surface area contributed by atoms with Gasteiger partial charge in [0, 0.05) is 48.5 Å². The highest BCUT2D eigenvalue weighted by atomic mass is 16.7. The fourth-order valence-electron chi connectivity index (χ4n) is 3.84. The monoisotopic (exact) mass is 565 g/mol. The van der Waals surface area contributed by atoms with Crippen LogP contribution in [-0.2, 0) is 19.3 Å². The highest BCUT2D eigenvalue weighted by Gasteiger charge is 2.26. The lowest BCUT2D eigenvalue weighted by atomic mass is 9.91. The first-order chi connectivity index (χ1) is 19.6. The molecule has 5 N–H and O–H groups in total. The van der Waals surface area contributed by atoms with Gasteiger partial charge in [-0.15, -0.1) is 0 Å². The summed E-state index contributed by atoms with van der Waals surface area (Å²) in [5.41, 5.74) is 6.72. The molecule has 4 amide bonds. The van der Waals surface area contributed by atoms with Gasteiger partial charge >= 0.3 is 0 Å². The molecular formula is C30H39N5O6. The Bertz CT molecular complexity index is 1230. The van der Waals surface area contributed by atoms with Gasteiger partial charge in [0.1, 0.15) is 0 Å². The molecule has 1 aliphatic heterocycles. The number of hydrogen-bond donors (Lipinski definition) is 5. The number of allylic oxidation sites excluding steroid dienone is 5. The molecule has 3 rings (SSSR count). The highest BCUT2D eigenvalue weighted by Crippen LogP contribution is 2.26. The molecule has 0 fully saturated rings. The second-order valence-electron chi connectivity index (χ2n) is 10.6. The van der Waals surface area contributed by atoms with Crippen molar-refractivity contribution < 1.29 is 28.9 Å². The molecule has 1 aromatic rings. The van der Waals surface area contributed by atoms with E-state index in [0.717, 1.165) is 11.3 Å². The Morgan fingerprint density at radius 2 is 1.61 bits per heavy atom. The Morgan fingerprint density at radius 1 is 0.927 bits per heavy atom. The Labute approximate surface area is 240 Å². The number of nitrogens with one attached hydrogen (secondary N) is 5. The van der Waals surface area contributed by atoms with Crippen LogP contribution in [0.3, 0.4) is 0 Å². The summed E-state index contributed by atoms with van der Waals surface area (Å²) in [7, 11) is 0. The molecule has 0 saturated carbocycles. The standard InChI is InChI=1S/C30H39N5O6/c1-19(2)15-32-27(36)18-40-34-28(37)22-9-7-10-23(12-22)29(38)35-41-26(30(39)33-16-20(3)4)14-24-17-31-25-11-6-5-8-21(24)13-25/h5-13,17,19-21,26,31H,14-16,18H2,1-4H3,(H,32,36)(H,33,39)(H,34,37)(H,35,38)/t21?,26-/m1/s1. The summed E-state index contributed by atoms with van der Waals surface area (Å²) >= 11 is 0. The molecule has 1 aliphatic carbocycles. The van der Waals surface area contributed by atoms with Crippen LogP contribution in [0, 0.1) is 17.8 Å². The minimum Gasteiger partial charge on any atom is -0.362 e. The lowest BCUT2D eigenvalue weighted by Crippen LogP contribution is -2.43. The van der Waals surface area contributed by atoms with E-state index in [1.165, 1.54) is 24.3 Å². The molecule has 2 bridgehead atoms.